The van der Waals surface area contributed by atoms with E-state index >= 15 is 0 Å². The summed E-state index contributed by atoms with van der Waals surface area (Å²) in [4.78, 5) is 26.2. The maximum absolute atomic E-state index is 12.7. The van der Waals surface area contributed by atoms with Gasteiger partial charge < -0.3 is 4.42 Å². The summed E-state index contributed by atoms with van der Waals surface area (Å²) in [5.41, 5.74) is 0.409. The van der Waals surface area contributed by atoms with E-state index in [2.05, 4.69) is 0 Å². The molecule has 0 bridgehead atoms. The number of benzene rings is 1. The number of carbonyl (C=O) groups is 2. The predicted octanol–water partition coefficient (Wildman–Crippen LogP) is 3.85. The highest BCUT2D eigenvalue weighted by molar-refractivity contribution is 8.19. The second-order valence-corrected chi connectivity index (χ2v) is 9.71. The molecule has 0 N–H and O–H groups in total. The van der Waals surface area contributed by atoms with Gasteiger partial charge in [0.05, 0.1) is 29.5 Å². The summed E-state index contributed by atoms with van der Waals surface area (Å²) in [5, 5.41) is 8.74. The fraction of sp³-hybridized carbons (Fsp3) is 0.211. The van der Waals surface area contributed by atoms with Crippen LogP contribution < -0.4 is 4.90 Å². The van der Waals surface area contributed by atoms with Crippen molar-refractivity contribution < 1.29 is 22.4 Å². The Balaban J connectivity index is 1.77. The van der Waals surface area contributed by atoms with Crippen molar-refractivity contribution >= 4 is 56.3 Å². The molecule has 0 radical (unpaired) electrons. The molecule has 1 aliphatic heterocycles. The van der Waals surface area contributed by atoms with Crippen LogP contribution in [0.5, 0.6) is 0 Å². The summed E-state index contributed by atoms with van der Waals surface area (Å²) in [6.45, 7) is 0.00591. The quantitative estimate of drug-likeness (QED) is 0.571. The van der Waals surface area contributed by atoms with Crippen LogP contribution in [0.15, 0.2) is 45.7 Å². The number of carbonyl (C=O) groups excluding carboxylic acids is 2. The monoisotopic (exact) mass is 465 g/mol. The van der Waals surface area contributed by atoms with Gasteiger partial charge in [0, 0.05) is 24.1 Å². The van der Waals surface area contributed by atoms with Crippen molar-refractivity contribution in [2.24, 2.45) is 0 Å². The van der Waals surface area contributed by atoms with Crippen LogP contribution in [0.2, 0.25) is 5.02 Å². The molecule has 0 atom stereocenters. The Kier molecular flexibility index (Phi) is 6.67. The number of thioether (sulfide) groups is 1. The standard InChI is InChI=1S/C19H16ClN3O5S2/c1-30(26,27)22(10-2-9-21)12-16-8-7-15(28-16)11-17-18(24)23(19(25)29-17)14-5-3-13(20)4-6-14/h3-8,11H,2,10,12H2,1H3/b17-11-. The number of anilines is 1. The van der Waals surface area contributed by atoms with Crippen molar-refractivity contribution in [3.05, 3.63) is 57.8 Å². The molecule has 8 nitrogen and oxygen atoms in total. The Morgan fingerprint density at radius 3 is 2.57 bits per heavy atom. The highest BCUT2D eigenvalue weighted by Crippen LogP contribution is 2.36. The first kappa shape index (κ1) is 22.1. The Labute approximate surface area is 182 Å². The van der Waals surface area contributed by atoms with E-state index in [0.29, 0.717) is 22.2 Å². The molecule has 2 heterocycles. The Morgan fingerprint density at radius 1 is 1.23 bits per heavy atom. The molecule has 156 valence electrons. The number of furan rings is 1. The Morgan fingerprint density at radius 2 is 1.93 bits per heavy atom. The number of rotatable bonds is 7. The minimum Gasteiger partial charge on any atom is -0.460 e. The predicted molar refractivity (Wildman–Crippen MR) is 114 cm³/mol. The molecule has 1 saturated heterocycles. The van der Waals surface area contributed by atoms with Crippen LogP contribution in [-0.4, -0.2) is 36.7 Å². The molecule has 11 heteroatoms. The number of halogens is 1. The lowest BCUT2D eigenvalue weighted by molar-refractivity contribution is -0.113. The van der Waals surface area contributed by atoms with Crippen LogP contribution in [0.3, 0.4) is 0 Å². The number of imide groups is 1. The van der Waals surface area contributed by atoms with Gasteiger partial charge in [-0.05, 0) is 48.2 Å². The van der Waals surface area contributed by atoms with Crippen LogP contribution >= 0.6 is 23.4 Å². The van der Waals surface area contributed by atoms with E-state index in [1.54, 1.807) is 36.4 Å². The summed E-state index contributed by atoms with van der Waals surface area (Å²) in [6.07, 6.45) is 2.55. The molecule has 1 fully saturated rings. The van der Waals surface area contributed by atoms with Gasteiger partial charge >= 0.3 is 0 Å². The zero-order chi connectivity index (χ0) is 21.9. The van der Waals surface area contributed by atoms with Crippen molar-refractivity contribution in [1.29, 1.82) is 5.26 Å². The van der Waals surface area contributed by atoms with Gasteiger partial charge in [-0.2, -0.15) is 9.57 Å². The second kappa shape index (κ2) is 9.06. The third-order valence-electron chi connectivity index (χ3n) is 4.11. The van der Waals surface area contributed by atoms with Crippen molar-refractivity contribution in [3.63, 3.8) is 0 Å². The number of sulfonamides is 1. The number of nitriles is 1. The first-order chi connectivity index (χ1) is 14.2. The van der Waals surface area contributed by atoms with E-state index in [1.807, 2.05) is 6.07 Å². The van der Waals surface area contributed by atoms with E-state index in [1.165, 1.54) is 6.08 Å². The third kappa shape index (κ3) is 5.12. The van der Waals surface area contributed by atoms with E-state index in [4.69, 9.17) is 21.3 Å². The largest absolute Gasteiger partial charge is 0.460 e. The lowest BCUT2D eigenvalue weighted by Crippen LogP contribution is -2.30. The van der Waals surface area contributed by atoms with Gasteiger partial charge in [0.1, 0.15) is 11.5 Å². The van der Waals surface area contributed by atoms with Gasteiger partial charge in [-0.1, -0.05) is 11.6 Å². The molecule has 0 spiro atoms. The summed E-state index contributed by atoms with van der Waals surface area (Å²) in [7, 11) is -3.52. The SMILES string of the molecule is CS(=O)(=O)N(CCC#N)Cc1ccc(/C=C2\SC(=O)N(c3ccc(Cl)cc3)C2=O)o1. The molecular formula is C19H16ClN3O5S2. The van der Waals surface area contributed by atoms with E-state index in [9.17, 15) is 18.0 Å². The average molecular weight is 466 g/mol. The normalized spacial score (nSPS) is 15.9. The van der Waals surface area contributed by atoms with Crippen LogP contribution in [0, 0.1) is 11.3 Å². The van der Waals surface area contributed by atoms with Gasteiger partial charge in [0.2, 0.25) is 10.0 Å². The van der Waals surface area contributed by atoms with Crippen molar-refractivity contribution in [2.45, 2.75) is 13.0 Å². The molecule has 0 unspecified atom stereocenters. The van der Waals surface area contributed by atoms with E-state index in [-0.39, 0.29) is 24.4 Å². The second-order valence-electron chi connectivity index (χ2n) is 6.30. The van der Waals surface area contributed by atoms with E-state index in [0.717, 1.165) is 27.2 Å². The van der Waals surface area contributed by atoms with Gasteiger partial charge in [-0.25, -0.2) is 13.3 Å². The molecule has 1 aromatic heterocycles. The summed E-state index contributed by atoms with van der Waals surface area (Å²) in [6, 6.07) is 11.4. The van der Waals surface area contributed by atoms with Crippen LogP contribution in [-0.2, 0) is 21.4 Å². The fourth-order valence-electron chi connectivity index (χ4n) is 2.68. The summed E-state index contributed by atoms with van der Waals surface area (Å²) < 4.78 is 30.5. The molecular weight excluding hydrogens is 450 g/mol. The lowest BCUT2D eigenvalue weighted by Gasteiger charge is -2.16. The summed E-state index contributed by atoms with van der Waals surface area (Å²) in [5.74, 6) is 0.166. The van der Waals surface area contributed by atoms with Crippen LogP contribution in [0.4, 0.5) is 10.5 Å². The van der Waals surface area contributed by atoms with Crippen LogP contribution in [0.1, 0.15) is 17.9 Å². The highest BCUT2D eigenvalue weighted by atomic mass is 35.5. The number of hydrogen-bond donors (Lipinski definition) is 0. The maximum atomic E-state index is 12.7. The topological polar surface area (TPSA) is 112 Å². The Bertz CT molecular complexity index is 1150. The van der Waals surface area contributed by atoms with Crippen LogP contribution in [0.25, 0.3) is 6.08 Å². The zero-order valence-electron chi connectivity index (χ0n) is 15.7. The smallest absolute Gasteiger partial charge is 0.298 e. The van der Waals surface area contributed by atoms with E-state index < -0.39 is 21.2 Å². The number of amides is 2. The van der Waals surface area contributed by atoms with Crippen molar-refractivity contribution in [3.8, 4) is 6.07 Å². The third-order valence-corrected chi connectivity index (χ3v) is 6.48. The lowest BCUT2D eigenvalue weighted by atomic mass is 10.3. The summed E-state index contributed by atoms with van der Waals surface area (Å²) >= 11 is 6.62. The van der Waals surface area contributed by atoms with Crippen molar-refractivity contribution in [1.82, 2.24) is 4.31 Å². The number of hydrogen-bond acceptors (Lipinski definition) is 7. The molecule has 2 aromatic rings. The first-order valence-electron chi connectivity index (χ1n) is 8.63. The Hall–Kier alpha value is -2.58. The highest BCUT2D eigenvalue weighted by Gasteiger charge is 2.36. The minimum atomic E-state index is -3.52. The zero-order valence-corrected chi connectivity index (χ0v) is 18.1. The molecule has 0 aliphatic carbocycles. The molecule has 0 saturated carbocycles. The molecule has 30 heavy (non-hydrogen) atoms. The maximum Gasteiger partial charge on any atom is 0.298 e. The molecule has 1 aromatic carbocycles. The minimum absolute atomic E-state index is 0.0411. The molecule has 1 aliphatic rings. The van der Waals surface area contributed by atoms with Gasteiger partial charge in [-0.15, -0.1) is 0 Å². The molecule has 2 amide bonds. The average Bonchev–Trinajstić information content (AvgIpc) is 3.23. The van der Waals surface area contributed by atoms with Crippen molar-refractivity contribution in [2.75, 3.05) is 17.7 Å². The fourth-order valence-corrected chi connectivity index (χ4v) is 4.41. The number of nitrogens with zero attached hydrogens (tertiary/aromatic N) is 3. The van der Waals surface area contributed by atoms with Gasteiger partial charge in [0.15, 0.2) is 0 Å². The van der Waals surface area contributed by atoms with Gasteiger partial charge in [0.25, 0.3) is 11.1 Å². The molecule has 3 rings (SSSR count). The first-order valence-corrected chi connectivity index (χ1v) is 11.7. The van der Waals surface area contributed by atoms with Gasteiger partial charge in [-0.3, -0.25) is 9.59 Å².